The van der Waals surface area contributed by atoms with E-state index in [9.17, 15) is 4.79 Å². The summed E-state index contributed by atoms with van der Waals surface area (Å²) in [4.78, 5) is 22.9. The second-order valence-electron chi connectivity index (χ2n) is 6.47. The van der Waals surface area contributed by atoms with E-state index in [1.165, 1.54) is 0 Å². The first-order valence-electron chi connectivity index (χ1n) is 8.71. The molecule has 0 radical (unpaired) electrons. The van der Waals surface area contributed by atoms with E-state index < -0.39 is 0 Å². The number of ether oxygens (including phenoxy) is 1. The molecular formula is C17H27N3O2S. The summed E-state index contributed by atoms with van der Waals surface area (Å²) in [7, 11) is 0. The molecule has 0 aliphatic carbocycles. The van der Waals surface area contributed by atoms with Gasteiger partial charge < -0.3 is 9.64 Å². The molecule has 2 saturated heterocycles. The largest absolute Gasteiger partial charge is 0.379 e. The van der Waals surface area contributed by atoms with Crippen LogP contribution in [0.25, 0.3) is 0 Å². The highest BCUT2D eigenvalue weighted by atomic mass is 32.1. The number of hydrogen-bond donors (Lipinski definition) is 0. The summed E-state index contributed by atoms with van der Waals surface area (Å²) in [5, 5.41) is 1.06. The molecule has 0 aromatic carbocycles. The Kier molecular flexibility index (Phi) is 5.34. The van der Waals surface area contributed by atoms with Gasteiger partial charge in [0.25, 0.3) is 5.91 Å². The zero-order valence-electron chi connectivity index (χ0n) is 14.4. The molecule has 1 amide bonds. The number of rotatable bonds is 4. The average molecular weight is 337 g/mol. The first-order valence-corrected chi connectivity index (χ1v) is 9.53. The second-order valence-corrected chi connectivity index (χ2v) is 7.55. The van der Waals surface area contributed by atoms with Gasteiger partial charge in [-0.05, 0) is 19.3 Å². The summed E-state index contributed by atoms with van der Waals surface area (Å²) in [6.07, 6.45) is 2.01. The molecule has 1 aromatic heterocycles. The first kappa shape index (κ1) is 16.9. The minimum atomic E-state index is 0.175. The van der Waals surface area contributed by atoms with E-state index in [0.717, 1.165) is 67.8 Å². The van der Waals surface area contributed by atoms with Crippen LogP contribution in [-0.4, -0.2) is 66.1 Å². The summed E-state index contributed by atoms with van der Waals surface area (Å²) in [5.41, 5.74) is 0.889. The number of hydrogen-bond acceptors (Lipinski definition) is 5. The van der Waals surface area contributed by atoms with E-state index in [1.54, 1.807) is 11.3 Å². The molecule has 3 heterocycles. The molecular weight excluding hydrogens is 310 g/mol. The number of carbonyl (C=O) groups excluding carboxylic acids is 1. The van der Waals surface area contributed by atoms with Gasteiger partial charge in [0.2, 0.25) is 0 Å². The van der Waals surface area contributed by atoms with Crippen molar-refractivity contribution in [2.75, 3.05) is 39.4 Å². The van der Waals surface area contributed by atoms with Crippen molar-refractivity contribution in [1.29, 1.82) is 0 Å². The van der Waals surface area contributed by atoms with Crippen LogP contribution in [-0.2, 0) is 11.2 Å². The van der Waals surface area contributed by atoms with E-state index in [0.29, 0.717) is 12.0 Å². The lowest BCUT2D eigenvalue weighted by Crippen LogP contribution is -2.47. The van der Waals surface area contributed by atoms with E-state index in [4.69, 9.17) is 4.74 Å². The molecule has 6 heteroatoms. The van der Waals surface area contributed by atoms with Crippen LogP contribution in [0.4, 0.5) is 0 Å². The van der Waals surface area contributed by atoms with Gasteiger partial charge in [-0.3, -0.25) is 9.69 Å². The highest BCUT2D eigenvalue weighted by Crippen LogP contribution is 2.29. The monoisotopic (exact) mass is 337 g/mol. The van der Waals surface area contributed by atoms with E-state index in [1.807, 2.05) is 11.8 Å². The fraction of sp³-hybridized carbons (Fsp3) is 0.765. The number of morpholine rings is 1. The molecule has 2 unspecified atom stereocenters. The lowest BCUT2D eigenvalue weighted by molar-refractivity contribution is 0.0103. The van der Waals surface area contributed by atoms with Gasteiger partial charge in [-0.25, -0.2) is 4.98 Å². The number of nitrogens with zero attached hydrogens (tertiary/aromatic N) is 3. The number of thiazole rings is 1. The summed E-state index contributed by atoms with van der Waals surface area (Å²) in [6.45, 7) is 11.6. The highest BCUT2D eigenvalue weighted by molar-refractivity contribution is 7.13. The zero-order valence-corrected chi connectivity index (χ0v) is 15.2. The second kappa shape index (κ2) is 7.28. The van der Waals surface area contributed by atoms with Crippen molar-refractivity contribution >= 4 is 17.2 Å². The van der Waals surface area contributed by atoms with Crippen LogP contribution in [0.15, 0.2) is 0 Å². The fourth-order valence-corrected chi connectivity index (χ4v) is 4.66. The van der Waals surface area contributed by atoms with E-state index >= 15 is 0 Å². The van der Waals surface area contributed by atoms with Crippen LogP contribution >= 0.6 is 11.3 Å². The Bertz CT molecular complexity index is 554. The van der Waals surface area contributed by atoms with E-state index in [2.05, 4.69) is 23.7 Å². The van der Waals surface area contributed by atoms with Crippen molar-refractivity contribution in [3.63, 3.8) is 0 Å². The van der Waals surface area contributed by atoms with Gasteiger partial charge in [-0.15, -0.1) is 11.3 Å². The van der Waals surface area contributed by atoms with Crippen molar-refractivity contribution in [3.8, 4) is 0 Å². The van der Waals surface area contributed by atoms with E-state index in [-0.39, 0.29) is 5.91 Å². The molecule has 0 saturated carbocycles. The topological polar surface area (TPSA) is 45.7 Å². The van der Waals surface area contributed by atoms with Gasteiger partial charge in [-0.1, -0.05) is 20.3 Å². The van der Waals surface area contributed by atoms with Gasteiger partial charge in [0.15, 0.2) is 0 Å². The maximum absolute atomic E-state index is 12.9. The van der Waals surface area contributed by atoms with Gasteiger partial charge >= 0.3 is 0 Å². The van der Waals surface area contributed by atoms with Crippen LogP contribution in [0.2, 0.25) is 0 Å². The number of carbonyl (C=O) groups is 1. The smallest absolute Gasteiger partial charge is 0.265 e. The lowest BCUT2D eigenvalue weighted by Gasteiger charge is -2.34. The minimum Gasteiger partial charge on any atom is -0.379 e. The van der Waals surface area contributed by atoms with Crippen LogP contribution in [0, 0.1) is 12.8 Å². The summed E-state index contributed by atoms with van der Waals surface area (Å²) < 4.78 is 5.47. The highest BCUT2D eigenvalue weighted by Gasteiger charge is 2.39. The first-order chi connectivity index (χ1) is 11.1. The number of likely N-dealkylation sites (tertiary alicyclic amines) is 1. The SMILES string of the molecule is CCc1nc(C)c(C(=O)N2CC(CC)C(N3CCOCC3)C2)s1. The Morgan fingerprint density at radius 3 is 2.65 bits per heavy atom. The Morgan fingerprint density at radius 1 is 1.30 bits per heavy atom. The van der Waals surface area contributed by atoms with Crippen LogP contribution < -0.4 is 0 Å². The Labute approximate surface area is 142 Å². The molecule has 128 valence electrons. The quantitative estimate of drug-likeness (QED) is 0.845. The van der Waals surface area contributed by atoms with Gasteiger partial charge in [-0.2, -0.15) is 0 Å². The van der Waals surface area contributed by atoms with Crippen molar-refractivity contribution in [1.82, 2.24) is 14.8 Å². The third kappa shape index (κ3) is 3.44. The Balaban J connectivity index is 1.73. The minimum absolute atomic E-state index is 0.175. The molecule has 0 spiro atoms. The molecule has 2 aliphatic rings. The summed E-state index contributed by atoms with van der Waals surface area (Å²) >= 11 is 1.56. The summed E-state index contributed by atoms with van der Waals surface area (Å²) in [6, 6.07) is 0.478. The van der Waals surface area contributed by atoms with Crippen LogP contribution in [0.3, 0.4) is 0 Å². The number of amides is 1. The van der Waals surface area contributed by atoms with Crippen LogP contribution in [0.5, 0.6) is 0 Å². The fourth-order valence-electron chi connectivity index (χ4n) is 3.69. The molecule has 2 aliphatic heterocycles. The van der Waals surface area contributed by atoms with Gasteiger partial charge in [0.1, 0.15) is 4.88 Å². The molecule has 0 N–H and O–H groups in total. The predicted octanol–water partition coefficient (Wildman–Crippen LogP) is 2.20. The Hall–Kier alpha value is -0.980. The Morgan fingerprint density at radius 2 is 2.04 bits per heavy atom. The molecule has 0 bridgehead atoms. The third-order valence-corrected chi connectivity index (χ3v) is 6.36. The predicted molar refractivity (Wildman–Crippen MR) is 92.1 cm³/mol. The van der Waals surface area contributed by atoms with Gasteiger partial charge in [0.05, 0.1) is 23.9 Å². The molecule has 2 fully saturated rings. The normalized spacial score (nSPS) is 26.0. The number of aromatic nitrogens is 1. The van der Waals surface area contributed by atoms with Gasteiger partial charge in [0, 0.05) is 32.2 Å². The van der Waals surface area contributed by atoms with Crippen LogP contribution in [0.1, 0.15) is 40.6 Å². The van der Waals surface area contributed by atoms with Crippen molar-refractivity contribution in [2.45, 2.75) is 39.7 Å². The molecule has 2 atom stereocenters. The number of aryl methyl sites for hydroxylation is 2. The molecule has 23 heavy (non-hydrogen) atoms. The molecule has 3 rings (SSSR count). The molecule has 5 nitrogen and oxygen atoms in total. The van der Waals surface area contributed by atoms with Crippen molar-refractivity contribution < 1.29 is 9.53 Å². The zero-order chi connectivity index (χ0) is 16.4. The third-order valence-electron chi connectivity index (χ3n) is 5.07. The average Bonchev–Trinajstić information content (AvgIpc) is 3.18. The standard InChI is InChI=1S/C17H27N3O2S/c1-4-13-10-20(11-14(13)19-6-8-22-9-7-19)17(21)16-12(3)18-15(5-2)23-16/h13-14H,4-11H2,1-3H3. The summed E-state index contributed by atoms with van der Waals surface area (Å²) in [5.74, 6) is 0.741. The van der Waals surface area contributed by atoms with Crippen molar-refractivity contribution in [3.05, 3.63) is 15.6 Å². The maximum atomic E-state index is 12.9. The molecule has 1 aromatic rings. The lowest BCUT2D eigenvalue weighted by atomic mass is 9.99. The maximum Gasteiger partial charge on any atom is 0.265 e. The van der Waals surface area contributed by atoms with Crippen molar-refractivity contribution in [2.24, 2.45) is 5.92 Å².